The smallest absolute Gasteiger partial charge is 0.327 e. The Morgan fingerprint density at radius 3 is 2.53 bits per heavy atom. The lowest BCUT2D eigenvalue weighted by Crippen LogP contribution is -2.41. The highest BCUT2D eigenvalue weighted by Gasteiger charge is 2.18. The normalized spacial score (nSPS) is 14.0. The topological polar surface area (TPSA) is 86.6 Å². The van der Waals surface area contributed by atoms with Gasteiger partial charge in [-0.15, -0.1) is 6.58 Å². The van der Waals surface area contributed by atoms with Gasteiger partial charge in [0.2, 0.25) is 5.91 Å². The molecule has 0 bridgehead atoms. The summed E-state index contributed by atoms with van der Waals surface area (Å²) in [7, 11) is 0. The Morgan fingerprint density at radius 2 is 2.13 bits per heavy atom. The number of aliphatic carboxylic acids is 1. The third kappa shape index (κ3) is 6.98. The van der Waals surface area contributed by atoms with Crippen molar-refractivity contribution in [2.24, 2.45) is 0 Å². The summed E-state index contributed by atoms with van der Waals surface area (Å²) in [5.41, 5.74) is 0. The number of carbonyl (C=O) groups is 2. The molecular formula is C9H15NO4S. The molecule has 15 heavy (non-hydrogen) atoms. The molecule has 0 aliphatic rings. The first-order chi connectivity index (χ1) is 6.97. The molecule has 2 atom stereocenters. The van der Waals surface area contributed by atoms with Crippen LogP contribution in [0.15, 0.2) is 12.7 Å². The molecule has 0 spiro atoms. The zero-order chi connectivity index (χ0) is 11.8. The van der Waals surface area contributed by atoms with E-state index in [9.17, 15) is 9.59 Å². The van der Waals surface area contributed by atoms with E-state index in [1.165, 1.54) is 24.8 Å². The monoisotopic (exact) mass is 233 g/mol. The molecule has 1 amide bonds. The van der Waals surface area contributed by atoms with Crippen molar-refractivity contribution >= 4 is 23.6 Å². The van der Waals surface area contributed by atoms with Crippen molar-refractivity contribution in [3.05, 3.63) is 12.7 Å². The van der Waals surface area contributed by atoms with Crippen molar-refractivity contribution in [3.63, 3.8) is 0 Å². The second-order valence-electron chi connectivity index (χ2n) is 2.93. The van der Waals surface area contributed by atoms with E-state index in [-0.39, 0.29) is 11.7 Å². The molecule has 86 valence electrons. The first-order valence-electron chi connectivity index (χ1n) is 4.35. The largest absolute Gasteiger partial charge is 0.480 e. The minimum atomic E-state index is -1.08. The number of hydrogen-bond acceptors (Lipinski definition) is 4. The lowest BCUT2D eigenvalue weighted by molar-refractivity contribution is -0.140. The second-order valence-corrected chi connectivity index (χ2v) is 4.01. The number of aliphatic hydroxyl groups excluding tert-OH is 1. The fourth-order valence-corrected chi connectivity index (χ4v) is 1.77. The molecule has 5 nitrogen and oxygen atoms in total. The number of hydrogen-bond donors (Lipinski definition) is 3. The highest BCUT2D eigenvalue weighted by atomic mass is 32.2. The molecule has 0 aliphatic carbocycles. The van der Waals surface area contributed by atoms with Crippen LogP contribution in [0.2, 0.25) is 0 Å². The van der Waals surface area contributed by atoms with Crippen LogP contribution in [0.3, 0.4) is 0 Å². The van der Waals surface area contributed by atoms with Gasteiger partial charge in [-0.3, -0.25) is 4.79 Å². The lowest BCUT2D eigenvalue weighted by Gasteiger charge is -2.13. The van der Waals surface area contributed by atoms with Crippen molar-refractivity contribution in [1.29, 1.82) is 0 Å². The van der Waals surface area contributed by atoms with E-state index in [0.29, 0.717) is 5.75 Å². The van der Waals surface area contributed by atoms with Crippen LogP contribution in [0, 0.1) is 0 Å². The summed E-state index contributed by atoms with van der Waals surface area (Å²) in [6.45, 7) is 4.66. The van der Waals surface area contributed by atoms with E-state index >= 15 is 0 Å². The van der Waals surface area contributed by atoms with Gasteiger partial charge >= 0.3 is 5.97 Å². The number of carboxylic acid groups (broad SMARTS) is 1. The molecule has 0 heterocycles. The van der Waals surface area contributed by atoms with Crippen molar-refractivity contribution < 1.29 is 19.8 Å². The standard InChI is InChI=1S/C9H15NO4S/c1-3-7(12)4-15-5-8(9(13)14)10-6(2)11/h3,7-8,12H,1,4-5H2,2H3,(H,10,11)(H,13,14)/t7?,8-/m0/s1. The fraction of sp³-hybridized carbons (Fsp3) is 0.556. The molecular weight excluding hydrogens is 218 g/mol. The van der Waals surface area contributed by atoms with Gasteiger partial charge in [-0.05, 0) is 0 Å². The Morgan fingerprint density at radius 1 is 1.53 bits per heavy atom. The van der Waals surface area contributed by atoms with Crippen LogP contribution in [0.5, 0.6) is 0 Å². The molecule has 6 heteroatoms. The van der Waals surface area contributed by atoms with Gasteiger partial charge in [0.15, 0.2) is 0 Å². The molecule has 1 unspecified atom stereocenters. The molecule has 0 fully saturated rings. The Labute approximate surface area is 92.6 Å². The average molecular weight is 233 g/mol. The lowest BCUT2D eigenvalue weighted by atomic mass is 10.3. The average Bonchev–Trinajstić information content (AvgIpc) is 2.15. The Hall–Kier alpha value is -1.01. The zero-order valence-corrected chi connectivity index (χ0v) is 9.29. The fourth-order valence-electron chi connectivity index (χ4n) is 0.795. The molecule has 0 aromatic heterocycles. The number of nitrogens with one attached hydrogen (secondary N) is 1. The predicted octanol–water partition coefficient (Wildman–Crippen LogP) is -0.144. The number of amides is 1. The van der Waals surface area contributed by atoms with Crippen LogP contribution in [-0.2, 0) is 9.59 Å². The van der Waals surface area contributed by atoms with E-state index in [4.69, 9.17) is 10.2 Å². The maximum Gasteiger partial charge on any atom is 0.327 e. The van der Waals surface area contributed by atoms with Gasteiger partial charge in [0, 0.05) is 18.4 Å². The van der Waals surface area contributed by atoms with Crippen LogP contribution >= 0.6 is 11.8 Å². The number of carbonyl (C=O) groups excluding carboxylic acids is 1. The van der Waals surface area contributed by atoms with Crippen LogP contribution in [0.25, 0.3) is 0 Å². The maximum absolute atomic E-state index is 10.7. The van der Waals surface area contributed by atoms with Crippen LogP contribution in [-0.4, -0.2) is 45.7 Å². The maximum atomic E-state index is 10.7. The molecule has 0 saturated carbocycles. The summed E-state index contributed by atoms with van der Waals surface area (Å²) in [5.74, 6) is -0.870. The van der Waals surface area contributed by atoms with Crippen molar-refractivity contribution in [3.8, 4) is 0 Å². The van der Waals surface area contributed by atoms with Crippen LogP contribution in [0.4, 0.5) is 0 Å². The Bertz CT molecular complexity index is 244. The SMILES string of the molecule is C=CC(O)CSC[C@H](NC(C)=O)C(=O)O. The van der Waals surface area contributed by atoms with Crippen molar-refractivity contribution in [1.82, 2.24) is 5.32 Å². The van der Waals surface area contributed by atoms with E-state index in [2.05, 4.69) is 11.9 Å². The third-order valence-corrected chi connectivity index (χ3v) is 2.67. The highest BCUT2D eigenvalue weighted by Crippen LogP contribution is 2.06. The number of rotatable bonds is 7. The number of carboxylic acids is 1. The summed E-state index contributed by atoms with van der Waals surface area (Å²) < 4.78 is 0. The van der Waals surface area contributed by atoms with E-state index in [1.54, 1.807) is 0 Å². The van der Waals surface area contributed by atoms with Gasteiger partial charge in [0.1, 0.15) is 6.04 Å². The van der Waals surface area contributed by atoms with E-state index in [0.717, 1.165) is 0 Å². The first kappa shape index (κ1) is 14.0. The Balaban J connectivity index is 3.91. The molecule has 0 saturated heterocycles. The minimum Gasteiger partial charge on any atom is -0.480 e. The van der Waals surface area contributed by atoms with Gasteiger partial charge in [-0.1, -0.05) is 6.08 Å². The molecule has 0 rings (SSSR count). The number of thioether (sulfide) groups is 1. The van der Waals surface area contributed by atoms with Gasteiger partial charge in [0.05, 0.1) is 6.10 Å². The molecule has 0 aromatic rings. The molecule has 0 aliphatic heterocycles. The van der Waals surface area contributed by atoms with Gasteiger partial charge in [-0.2, -0.15) is 11.8 Å². The van der Waals surface area contributed by atoms with Crippen molar-refractivity contribution in [2.45, 2.75) is 19.1 Å². The molecule has 0 radical (unpaired) electrons. The summed E-state index contributed by atoms with van der Waals surface area (Å²) in [5, 5.41) is 20.2. The predicted molar refractivity (Wildman–Crippen MR) is 58.8 cm³/mol. The second kappa shape index (κ2) is 7.30. The summed E-state index contributed by atoms with van der Waals surface area (Å²) in [6, 6.07) is -0.912. The highest BCUT2D eigenvalue weighted by molar-refractivity contribution is 7.99. The van der Waals surface area contributed by atoms with Gasteiger partial charge < -0.3 is 15.5 Å². The van der Waals surface area contributed by atoms with E-state index < -0.39 is 18.1 Å². The Kier molecular flexibility index (Phi) is 6.81. The minimum absolute atomic E-state index is 0.222. The van der Waals surface area contributed by atoms with Gasteiger partial charge in [0.25, 0.3) is 0 Å². The number of aliphatic hydroxyl groups is 1. The van der Waals surface area contributed by atoms with Crippen molar-refractivity contribution in [2.75, 3.05) is 11.5 Å². The zero-order valence-electron chi connectivity index (χ0n) is 8.47. The quantitative estimate of drug-likeness (QED) is 0.533. The molecule has 0 aromatic carbocycles. The molecule has 3 N–H and O–H groups in total. The van der Waals surface area contributed by atoms with Crippen LogP contribution < -0.4 is 5.32 Å². The van der Waals surface area contributed by atoms with E-state index in [1.807, 2.05) is 0 Å². The first-order valence-corrected chi connectivity index (χ1v) is 5.51. The third-order valence-electron chi connectivity index (χ3n) is 1.52. The van der Waals surface area contributed by atoms with Crippen LogP contribution in [0.1, 0.15) is 6.92 Å². The van der Waals surface area contributed by atoms with Gasteiger partial charge in [-0.25, -0.2) is 4.79 Å². The summed E-state index contributed by atoms with van der Waals surface area (Å²) in [4.78, 5) is 21.3. The summed E-state index contributed by atoms with van der Waals surface area (Å²) in [6.07, 6.45) is 0.725. The summed E-state index contributed by atoms with van der Waals surface area (Å²) >= 11 is 1.25.